The number of methoxy groups -OCH3 is 1. The summed E-state index contributed by atoms with van der Waals surface area (Å²) in [5.74, 6) is -0.403. The van der Waals surface area contributed by atoms with Crippen molar-refractivity contribution in [1.29, 1.82) is 0 Å². The van der Waals surface area contributed by atoms with Gasteiger partial charge in [0.15, 0.2) is 0 Å². The fourth-order valence-electron chi connectivity index (χ4n) is 4.00. The van der Waals surface area contributed by atoms with Crippen molar-refractivity contribution in [3.8, 4) is 5.75 Å². The standard InChI is InChI=1S/C30H36ClN3O5S/c1-21-10-12-25(13-11-21)34(40(37,38)27-16-14-26(39-6)15-17-27)20-28(35)33(19-23-8-7-9-24(31)18-23)22(2)29(36)32-30(3,4)5/h7-18,22H,19-20H2,1-6H3,(H,32,36)/t22-/m1/s1. The van der Waals surface area contributed by atoms with Crippen LogP contribution in [0.2, 0.25) is 5.02 Å². The van der Waals surface area contributed by atoms with Gasteiger partial charge in [0, 0.05) is 17.1 Å². The van der Waals surface area contributed by atoms with E-state index in [4.69, 9.17) is 16.3 Å². The summed E-state index contributed by atoms with van der Waals surface area (Å²) in [7, 11) is -2.67. The molecule has 0 aliphatic heterocycles. The van der Waals surface area contributed by atoms with Crippen molar-refractivity contribution in [2.45, 2.75) is 57.6 Å². The highest BCUT2D eigenvalue weighted by molar-refractivity contribution is 7.92. The van der Waals surface area contributed by atoms with Gasteiger partial charge in [-0.2, -0.15) is 0 Å². The molecule has 0 aliphatic rings. The van der Waals surface area contributed by atoms with E-state index < -0.39 is 34.1 Å². The van der Waals surface area contributed by atoms with Gasteiger partial charge < -0.3 is 15.0 Å². The van der Waals surface area contributed by atoms with Crippen molar-refractivity contribution in [1.82, 2.24) is 10.2 Å². The molecule has 3 aromatic rings. The molecule has 0 saturated heterocycles. The first-order chi connectivity index (χ1) is 18.7. The maximum atomic E-state index is 14.0. The average molecular weight is 586 g/mol. The van der Waals surface area contributed by atoms with E-state index in [-0.39, 0.29) is 17.3 Å². The van der Waals surface area contributed by atoms with Gasteiger partial charge in [-0.15, -0.1) is 0 Å². The van der Waals surface area contributed by atoms with Crippen LogP contribution in [0, 0.1) is 6.92 Å². The second-order valence-electron chi connectivity index (χ2n) is 10.6. The largest absolute Gasteiger partial charge is 0.497 e. The van der Waals surface area contributed by atoms with Crippen molar-refractivity contribution in [2.75, 3.05) is 18.0 Å². The fourth-order valence-corrected chi connectivity index (χ4v) is 5.63. The smallest absolute Gasteiger partial charge is 0.264 e. The summed E-state index contributed by atoms with van der Waals surface area (Å²) in [6, 6.07) is 18.9. The number of ether oxygens (including phenoxy) is 1. The maximum Gasteiger partial charge on any atom is 0.264 e. The minimum Gasteiger partial charge on any atom is -0.497 e. The zero-order chi connectivity index (χ0) is 29.7. The number of aryl methyl sites for hydroxylation is 1. The van der Waals surface area contributed by atoms with Crippen LogP contribution in [-0.4, -0.2) is 50.4 Å². The van der Waals surface area contributed by atoms with E-state index in [1.165, 1.54) is 24.1 Å². The number of rotatable bonds is 10. The number of carbonyl (C=O) groups is 2. The Morgan fingerprint density at radius 2 is 1.62 bits per heavy atom. The summed E-state index contributed by atoms with van der Waals surface area (Å²) in [5, 5.41) is 3.39. The van der Waals surface area contributed by atoms with Crippen LogP contribution in [0.1, 0.15) is 38.8 Å². The van der Waals surface area contributed by atoms with Gasteiger partial charge >= 0.3 is 0 Å². The van der Waals surface area contributed by atoms with Crippen LogP contribution in [0.25, 0.3) is 0 Å². The van der Waals surface area contributed by atoms with E-state index in [2.05, 4.69) is 5.32 Å². The van der Waals surface area contributed by atoms with Crippen LogP contribution in [0.15, 0.2) is 77.7 Å². The van der Waals surface area contributed by atoms with Crippen LogP contribution < -0.4 is 14.4 Å². The first-order valence-electron chi connectivity index (χ1n) is 12.8. The van der Waals surface area contributed by atoms with E-state index in [1.54, 1.807) is 67.6 Å². The molecular weight excluding hydrogens is 550 g/mol. The number of nitrogens with one attached hydrogen (secondary N) is 1. The number of halogens is 1. The molecule has 0 aromatic heterocycles. The molecular formula is C30H36ClN3O5S. The van der Waals surface area contributed by atoms with Crippen LogP contribution in [0.4, 0.5) is 5.69 Å². The SMILES string of the molecule is COc1ccc(S(=O)(=O)N(CC(=O)N(Cc2cccc(Cl)c2)[C@H](C)C(=O)NC(C)(C)C)c2ccc(C)cc2)cc1. The first kappa shape index (κ1) is 31.0. The highest BCUT2D eigenvalue weighted by atomic mass is 35.5. The van der Waals surface area contributed by atoms with Gasteiger partial charge in [0.05, 0.1) is 17.7 Å². The zero-order valence-corrected chi connectivity index (χ0v) is 25.2. The van der Waals surface area contributed by atoms with Gasteiger partial charge in [-0.25, -0.2) is 8.42 Å². The number of hydrogen-bond acceptors (Lipinski definition) is 5. The molecule has 1 N–H and O–H groups in total. The highest BCUT2D eigenvalue weighted by Crippen LogP contribution is 2.26. The van der Waals surface area contributed by atoms with E-state index >= 15 is 0 Å². The van der Waals surface area contributed by atoms with E-state index in [9.17, 15) is 18.0 Å². The number of hydrogen-bond donors (Lipinski definition) is 1. The lowest BCUT2D eigenvalue weighted by molar-refractivity contribution is -0.140. The number of anilines is 1. The van der Waals surface area contributed by atoms with Crippen molar-refractivity contribution in [3.63, 3.8) is 0 Å². The third-order valence-corrected chi connectivity index (χ3v) is 8.18. The monoisotopic (exact) mass is 585 g/mol. The second kappa shape index (κ2) is 12.7. The van der Waals surface area contributed by atoms with Crippen LogP contribution in [0.5, 0.6) is 5.75 Å². The van der Waals surface area contributed by atoms with Crippen LogP contribution >= 0.6 is 11.6 Å². The molecule has 0 bridgehead atoms. The molecule has 2 amide bonds. The summed E-state index contributed by atoms with van der Waals surface area (Å²) in [5.41, 5.74) is 1.44. The Labute approximate surface area is 241 Å². The summed E-state index contributed by atoms with van der Waals surface area (Å²) in [6.07, 6.45) is 0. The fraction of sp³-hybridized carbons (Fsp3) is 0.333. The Morgan fingerprint density at radius 3 is 2.17 bits per heavy atom. The Bertz CT molecular complexity index is 1440. The minimum atomic E-state index is -4.17. The molecule has 0 unspecified atom stereocenters. The summed E-state index contributed by atoms with van der Waals surface area (Å²) in [6.45, 7) is 8.59. The molecule has 8 nitrogen and oxygen atoms in total. The molecule has 0 fully saturated rings. The number of sulfonamides is 1. The van der Waals surface area contributed by atoms with Gasteiger partial charge in [-0.05, 0) is 88.7 Å². The molecule has 0 saturated carbocycles. The van der Waals surface area contributed by atoms with Crippen molar-refractivity contribution in [2.24, 2.45) is 0 Å². The second-order valence-corrected chi connectivity index (χ2v) is 12.9. The zero-order valence-electron chi connectivity index (χ0n) is 23.6. The Balaban J connectivity index is 2.03. The van der Waals surface area contributed by atoms with Gasteiger partial charge in [-0.3, -0.25) is 13.9 Å². The topological polar surface area (TPSA) is 96.0 Å². The van der Waals surface area contributed by atoms with Gasteiger partial charge in [-0.1, -0.05) is 41.4 Å². The van der Waals surface area contributed by atoms with E-state index in [0.717, 1.165) is 9.87 Å². The third-order valence-electron chi connectivity index (χ3n) is 6.16. The predicted octanol–water partition coefficient (Wildman–Crippen LogP) is 5.18. The molecule has 214 valence electrons. The van der Waals surface area contributed by atoms with Crippen molar-refractivity contribution >= 4 is 39.1 Å². The third kappa shape index (κ3) is 7.99. The molecule has 40 heavy (non-hydrogen) atoms. The number of benzene rings is 3. The molecule has 10 heteroatoms. The first-order valence-corrected chi connectivity index (χ1v) is 14.6. The maximum absolute atomic E-state index is 14.0. The van der Waals surface area contributed by atoms with Gasteiger partial charge in [0.1, 0.15) is 18.3 Å². The number of nitrogens with zero attached hydrogens (tertiary/aromatic N) is 2. The molecule has 3 rings (SSSR count). The molecule has 1 atom stereocenters. The number of carbonyl (C=O) groups excluding carboxylic acids is 2. The number of amides is 2. The van der Waals surface area contributed by atoms with Gasteiger partial charge in [0.2, 0.25) is 11.8 Å². The molecule has 0 aliphatic carbocycles. The highest BCUT2D eigenvalue weighted by Gasteiger charge is 2.33. The van der Waals surface area contributed by atoms with E-state index in [0.29, 0.717) is 22.0 Å². The lowest BCUT2D eigenvalue weighted by atomic mass is 10.1. The molecule has 0 heterocycles. The summed E-state index contributed by atoms with van der Waals surface area (Å²) < 4.78 is 34.0. The Morgan fingerprint density at radius 1 is 1.00 bits per heavy atom. The Kier molecular flexibility index (Phi) is 9.87. The van der Waals surface area contributed by atoms with Crippen molar-refractivity contribution < 1.29 is 22.7 Å². The molecule has 3 aromatic carbocycles. The van der Waals surface area contributed by atoms with E-state index in [1.807, 2.05) is 27.7 Å². The quantitative estimate of drug-likeness (QED) is 0.353. The lowest BCUT2D eigenvalue weighted by Gasteiger charge is -2.33. The normalized spacial score (nSPS) is 12.4. The summed E-state index contributed by atoms with van der Waals surface area (Å²) in [4.78, 5) is 28.5. The van der Waals surface area contributed by atoms with Gasteiger partial charge in [0.25, 0.3) is 10.0 Å². The minimum absolute atomic E-state index is 0.00147. The predicted molar refractivity (Wildman–Crippen MR) is 158 cm³/mol. The lowest BCUT2D eigenvalue weighted by Crippen LogP contribution is -2.54. The van der Waals surface area contributed by atoms with Crippen LogP contribution in [-0.2, 0) is 26.2 Å². The van der Waals surface area contributed by atoms with Crippen LogP contribution in [0.3, 0.4) is 0 Å². The molecule has 0 spiro atoms. The molecule has 0 radical (unpaired) electrons. The summed E-state index contributed by atoms with van der Waals surface area (Å²) >= 11 is 6.18. The average Bonchev–Trinajstić information content (AvgIpc) is 2.89. The van der Waals surface area contributed by atoms with Crippen molar-refractivity contribution in [3.05, 3.63) is 88.9 Å². The Hall–Kier alpha value is -3.56.